The van der Waals surface area contributed by atoms with Crippen LogP contribution in [0.1, 0.15) is 49.0 Å². The summed E-state index contributed by atoms with van der Waals surface area (Å²) in [5.74, 6) is -0.706. The Balaban J connectivity index is 1.67. The van der Waals surface area contributed by atoms with Crippen LogP contribution in [0.3, 0.4) is 0 Å². The Hall–Kier alpha value is -3.15. The third-order valence-electron chi connectivity index (χ3n) is 5.38. The Morgan fingerprint density at radius 1 is 1.03 bits per heavy atom. The highest BCUT2D eigenvalue weighted by atomic mass is 16.5. The second kappa shape index (κ2) is 10.8. The Bertz CT molecular complexity index is 883. The molecule has 1 N–H and O–H groups in total. The summed E-state index contributed by atoms with van der Waals surface area (Å²) in [6.07, 6.45) is 1.80. The van der Waals surface area contributed by atoms with Crippen LogP contribution in [0, 0.1) is 5.92 Å². The number of hydrogen-bond acceptors (Lipinski definition) is 4. The highest BCUT2D eigenvalue weighted by Gasteiger charge is 2.38. The van der Waals surface area contributed by atoms with Crippen molar-refractivity contribution in [2.75, 3.05) is 6.54 Å². The van der Waals surface area contributed by atoms with Crippen molar-refractivity contribution in [3.8, 4) is 0 Å². The van der Waals surface area contributed by atoms with E-state index in [2.05, 4.69) is 5.32 Å². The van der Waals surface area contributed by atoms with Gasteiger partial charge in [0.05, 0.1) is 0 Å². The second-order valence-corrected chi connectivity index (χ2v) is 8.30. The summed E-state index contributed by atoms with van der Waals surface area (Å²) in [4.78, 5) is 40.3. The average molecular weight is 423 g/mol. The SMILES string of the molecule is CC(C)CC(NC(=O)c1ccccc1)C(=O)N1CCC[C@H]1C(=O)OCc1ccccc1. The normalized spacial score (nSPS) is 16.7. The van der Waals surface area contributed by atoms with Crippen LogP contribution >= 0.6 is 0 Å². The molecule has 1 aliphatic rings. The largest absolute Gasteiger partial charge is 0.459 e. The summed E-state index contributed by atoms with van der Waals surface area (Å²) in [7, 11) is 0. The molecule has 1 heterocycles. The number of rotatable bonds is 8. The van der Waals surface area contributed by atoms with Gasteiger partial charge in [-0.15, -0.1) is 0 Å². The maximum absolute atomic E-state index is 13.3. The zero-order valence-electron chi connectivity index (χ0n) is 18.1. The van der Waals surface area contributed by atoms with Crippen LogP contribution in [0.2, 0.25) is 0 Å². The molecule has 3 rings (SSSR count). The predicted octanol–water partition coefficient (Wildman–Crippen LogP) is 3.57. The van der Waals surface area contributed by atoms with Crippen molar-refractivity contribution < 1.29 is 19.1 Å². The average Bonchev–Trinajstić information content (AvgIpc) is 3.27. The van der Waals surface area contributed by atoms with Crippen LogP contribution in [-0.2, 0) is 20.9 Å². The van der Waals surface area contributed by atoms with Gasteiger partial charge in [-0.2, -0.15) is 0 Å². The molecule has 0 spiro atoms. The minimum atomic E-state index is -0.685. The van der Waals surface area contributed by atoms with Crippen molar-refractivity contribution in [2.24, 2.45) is 5.92 Å². The lowest BCUT2D eigenvalue weighted by molar-refractivity contribution is -0.155. The predicted molar refractivity (Wildman–Crippen MR) is 118 cm³/mol. The van der Waals surface area contributed by atoms with Gasteiger partial charge in [0.15, 0.2) is 0 Å². The lowest BCUT2D eigenvalue weighted by atomic mass is 10.0. The van der Waals surface area contributed by atoms with Gasteiger partial charge < -0.3 is 15.0 Å². The first-order valence-corrected chi connectivity index (χ1v) is 10.8. The van der Waals surface area contributed by atoms with Gasteiger partial charge in [0.25, 0.3) is 5.91 Å². The zero-order chi connectivity index (χ0) is 22.2. The molecule has 2 aromatic rings. The van der Waals surface area contributed by atoms with E-state index in [4.69, 9.17) is 4.74 Å². The number of nitrogens with one attached hydrogen (secondary N) is 1. The molecule has 1 saturated heterocycles. The van der Waals surface area contributed by atoms with Crippen molar-refractivity contribution >= 4 is 17.8 Å². The fourth-order valence-corrected chi connectivity index (χ4v) is 3.82. The number of benzene rings is 2. The number of carbonyl (C=O) groups excluding carboxylic acids is 3. The minimum absolute atomic E-state index is 0.179. The van der Waals surface area contributed by atoms with E-state index < -0.39 is 18.1 Å². The molecule has 0 aliphatic carbocycles. The van der Waals surface area contributed by atoms with E-state index >= 15 is 0 Å². The maximum atomic E-state index is 13.3. The molecule has 31 heavy (non-hydrogen) atoms. The molecule has 0 aromatic heterocycles. The maximum Gasteiger partial charge on any atom is 0.329 e. The molecule has 0 bridgehead atoms. The summed E-state index contributed by atoms with van der Waals surface area (Å²) in [5, 5.41) is 2.88. The molecule has 0 radical (unpaired) electrons. The molecular formula is C25H30N2O4. The van der Waals surface area contributed by atoms with Gasteiger partial charge in [0, 0.05) is 12.1 Å². The van der Waals surface area contributed by atoms with Crippen molar-refractivity contribution in [3.63, 3.8) is 0 Å². The molecule has 2 aromatic carbocycles. The van der Waals surface area contributed by atoms with Crippen molar-refractivity contribution in [1.82, 2.24) is 10.2 Å². The van der Waals surface area contributed by atoms with E-state index in [1.807, 2.05) is 50.2 Å². The number of hydrogen-bond donors (Lipinski definition) is 1. The number of nitrogens with zero attached hydrogens (tertiary/aromatic N) is 1. The van der Waals surface area contributed by atoms with Crippen LogP contribution in [0.15, 0.2) is 60.7 Å². The smallest absolute Gasteiger partial charge is 0.329 e. The monoisotopic (exact) mass is 422 g/mol. The Morgan fingerprint density at radius 3 is 2.32 bits per heavy atom. The van der Waals surface area contributed by atoms with E-state index in [9.17, 15) is 14.4 Å². The lowest BCUT2D eigenvalue weighted by Gasteiger charge is -2.29. The van der Waals surface area contributed by atoms with E-state index in [1.165, 1.54) is 0 Å². The molecule has 1 fully saturated rings. The number of amides is 2. The quantitative estimate of drug-likeness (QED) is 0.660. The molecule has 6 nitrogen and oxygen atoms in total. The Morgan fingerprint density at radius 2 is 1.68 bits per heavy atom. The highest BCUT2D eigenvalue weighted by molar-refractivity contribution is 5.98. The first kappa shape index (κ1) is 22.5. The third-order valence-corrected chi connectivity index (χ3v) is 5.38. The molecule has 1 aliphatic heterocycles. The number of esters is 1. The minimum Gasteiger partial charge on any atom is -0.459 e. The zero-order valence-corrected chi connectivity index (χ0v) is 18.1. The van der Waals surface area contributed by atoms with Gasteiger partial charge in [-0.3, -0.25) is 9.59 Å². The molecule has 0 saturated carbocycles. The van der Waals surface area contributed by atoms with Gasteiger partial charge in [0.2, 0.25) is 5.91 Å². The standard InChI is InChI=1S/C25H30N2O4/c1-18(2)16-21(26-23(28)20-12-7-4-8-13-20)24(29)27-15-9-14-22(27)25(30)31-17-19-10-5-3-6-11-19/h3-8,10-13,18,21-22H,9,14-17H2,1-2H3,(H,26,28)/t21?,22-/m0/s1. The van der Waals surface area contributed by atoms with Gasteiger partial charge in [-0.25, -0.2) is 4.79 Å². The number of ether oxygens (including phenoxy) is 1. The summed E-state index contributed by atoms with van der Waals surface area (Å²) >= 11 is 0. The van der Waals surface area contributed by atoms with Crippen molar-refractivity contribution in [3.05, 3.63) is 71.8 Å². The fraction of sp³-hybridized carbons (Fsp3) is 0.400. The Labute approximate surface area is 183 Å². The molecular weight excluding hydrogens is 392 g/mol. The number of likely N-dealkylation sites (tertiary alicyclic amines) is 1. The van der Waals surface area contributed by atoms with Crippen LogP contribution in [-0.4, -0.2) is 41.3 Å². The van der Waals surface area contributed by atoms with E-state index in [0.29, 0.717) is 24.9 Å². The second-order valence-electron chi connectivity index (χ2n) is 8.30. The summed E-state index contributed by atoms with van der Waals surface area (Å²) < 4.78 is 5.48. The van der Waals surface area contributed by atoms with Crippen LogP contribution < -0.4 is 5.32 Å². The first-order chi connectivity index (χ1) is 15.0. The van der Waals surface area contributed by atoms with Crippen LogP contribution in [0.5, 0.6) is 0 Å². The third kappa shape index (κ3) is 6.17. The Kier molecular flexibility index (Phi) is 7.82. The number of carbonyl (C=O) groups is 3. The molecule has 6 heteroatoms. The van der Waals surface area contributed by atoms with Crippen LogP contribution in [0.4, 0.5) is 0 Å². The van der Waals surface area contributed by atoms with Crippen molar-refractivity contribution in [1.29, 1.82) is 0 Å². The van der Waals surface area contributed by atoms with Crippen molar-refractivity contribution in [2.45, 2.75) is 51.8 Å². The molecule has 2 atom stereocenters. The summed E-state index contributed by atoms with van der Waals surface area (Å²) in [6.45, 7) is 4.67. The molecule has 1 unspecified atom stereocenters. The van der Waals surface area contributed by atoms with Gasteiger partial charge >= 0.3 is 5.97 Å². The summed E-state index contributed by atoms with van der Waals surface area (Å²) in [5.41, 5.74) is 1.41. The van der Waals surface area contributed by atoms with Crippen LogP contribution in [0.25, 0.3) is 0 Å². The van der Waals surface area contributed by atoms with Gasteiger partial charge in [-0.1, -0.05) is 62.4 Å². The first-order valence-electron chi connectivity index (χ1n) is 10.8. The van der Waals surface area contributed by atoms with E-state index in [0.717, 1.165) is 12.0 Å². The molecule has 2 amide bonds. The van der Waals surface area contributed by atoms with E-state index in [1.54, 1.807) is 29.2 Å². The lowest BCUT2D eigenvalue weighted by Crippen LogP contribution is -2.52. The molecule has 164 valence electrons. The van der Waals surface area contributed by atoms with Gasteiger partial charge in [0.1, 0.15) is 18.7 Å². The highest BCUT2D eigenvalue weighted by Crippen LogP contribution is 2.22. The topological polar surface area (TPSA) is 75.7 Å². The summed E-state index contributed by atoms with van der Waals surface area (Å²) in [6, 6.07) is 17.0. The van der Waals surface area contributed by atoms with Gasteiger partial charge in [-0.05, 0) is 42.9 Å². The fourth-order valence-electron chi connectivity index (χ4n) is 3.82. The van der Waals surface area contributed by atoms with E-state index in [-0.39, 0.29) is 24.3 Å².